The Hall–Kier alpha value is -4.46. The zero-order valence-electron chi connectivity index (χ0n) is 18.4. The molecule has 14 heteroatoms. The predicted molar refractivity (Wildman–Crippen MR) is 119 cm³/mol. The zero-order valence-corrected chi connectivity index (χ0v) is 18.4. The zero-order chi connectivity index (χ0) is 26.0. The molecule has 14 nitrogen and oxygen atoms in total. The number of imidazole rings is 1. The number of carboxylic acids is 2. The first-order valence-corrected chi connectivity index (χ1v) is 10.4. The molecule has 0 aliphatic rings. The lowest BCUT2D eigenvalue weighted by Crippen LogP contribution is -2.54. The van der Waals surface area contributed by atoms with Crippen LogP contribution in [0.4, 0.5) is 0 Å². The monoisotopic (exact) mass is 490 g/mol. The van der Waals surface area contributed by atoms with Gasteiger partial charge in [-0.2, -0.15) is 0 Å². The molecule has 0 aliphatic heterocycles. The van der Waals surface area contributed by atoms with Crippen molar-refractivity contribution in [2.75, 3.05) is 6.54 Å². The number of nitrogens with one attached hydrogen (secondary N) is 4. The van der Waals surface area contributed by atoms with Crippen LogP contribution < -0.4 is 21.7 Å². The third-order valence-corrected chi connectivity index (χ3v) is 4.78. The van der Waals surface area contributed by atoms with Crippen LogP contribution >= 0.6 is 0 Å². The predicted octanol–water partition coefficient (Wildman–Crippen LogP) is -2.13. The van der Waals surface area contributed by atoms with Crippen LogP contribution in [0.2, 0.25) is 0 Å². The number of carboxylic acid groups (broad SMARTS) is 2. The van der Waals surface area contributed by atoms with Crippen LogP contribution in [0.1, 0.15) is 17.7 Å². The Morgan fingerprint density at radius 2 is 1.66 bits per heavy atom. The SMILES string of the molecule is NC(Cc1ccc(O)cc1)C(=O)NC(CC(=O)O)C(=O)NCC(=O)NC(Cc1cnc[nH]1)C(=O)O. The Morgan fingerprint density at radius 3 is 2.23 bits per heavy atom. The Morgan fingerprint density at radius 1 is 0.971 bits per heavy atom. The normalized spacial score (nSPS) is 13.2. The van der Waals surface area contributed by atoms with E-state index in [-0.39, 0.29) is 18.6 Å². The van der Waals surface area contributed by atoms with Gasteiger partial charge in [0.2, 0.25) is 17.7 Å². The summed E-state index contributed by atoms with van der Waals surface area (Å²) in [7, 11) is 0. The second-order valence-electron chi connectivity index (χ2n) is 7.59. The second-order valence-corrected chi connectivity index (χ2v) is 7.59. The van der Waals surface area contributed by atoms with Crippen LogP contribution in [0.25, 0.3) is 0 Å². The van der Waals surface area contributed by atoms with E-state index < -0.39 is 60.8 Å². The van der Waals surface area contributed by atoms with Crippen molar-refractivity contribution >= 4 is 29.7 Å². The average molecular weight is 490 g/mol. The van der Waals surface area contributed by atoms with Crippen LogP contribution in [0, 0.1) is 0 Å². The first kappa shape index (κ1) is 26.8. The van der Waals surface area contributed by atoms with E-state index in [2.05, 4.69) is 25.9 Å². The molecule has 3 amide bonds. The first-order valence-electron chi connectivity index (χ1n) is 10.4. The number of carbonyl (C=O) groups is 5. The number of nitrogens with two attached hydrogens (primary N) is 1. The third kappa shape index (κ3) is 9.13. The van der Waals surface area contributed by atoms with Crippen molar-refractivity contribution < 1.29 is 39.3 Å². The molecule has 3 unspecified atom stereocenters. The fourth-order valence-corrected chi connectivity index (χ4v) is 2.99. The van der Waals surface area contributed by atoms with E-state index >= 15 is 0 Å². The lowest BCUT2D eigenvalue weighted by molar-refractivity contribution is -0.142. The number of aromatic nitrogens is 2. The van der Waals surface area contributed by atoms with Crippen molar-refractivity contribution in [2.24, 2.45) is 5.73 Å². The molecular formula is C21H26N6O8. The van der Waals surface area contributed by atoms with Gasteiger partial charge < -0.3 is 42.0 Å². The topological polar surface area (TPSA) is 237 Å². The van der Waals surface area contributed by atoms with Gasteiger partial charge >= 0.3 is 11.9 Å². The number of aliphatic carboxylic acids is 2. The standard InChI is InChI=1S/C21H26N6O8/c22-14(5-11-1-3-13(28)4-2-11)19(32)27-15(7-18(30)31)20(33)24-9-17(29)26-16(21(34)35)6-12-8-23-10-25-12/h1-4,8,10,14-16,28H,5-7,9,22H2,(H,23,25)(H,24,33)(H,26,29)(H,27,32)(H,30,31)(H,34,35). The summed E-state index contributed by atoms with van der Waals surface area (Å²) in [6.45, 7) is -0.656. The molecule has 9 N–H and O–H groups in total. The van der Waals surface area contributed by atoms with Crippen LogP contribution in [-0.4, -0.2) is 79.6 Å². The maximum Gasteiger partial charge on any atom is 0.326 e. The number of hydrogen-bond acceptors (Lipinski definition) is 8. The minimum absolute atomic E-state index is 0.0324. The molecule has 35 heavy (non-hydrogen) atoms. The van der Waals surface area contributed by atoms with Crippen molar-refractivity contribution in [1.29, 1.82) is 0 Å². The number of H-pyrrole nitrogens is 1. The van der Waals surface area contributed by atoms with Crippen molar-refractivity contribution in [3.63, 3.8) is 0 Å². The Balaban J connectivity index is 1.91. The minimum Gasteiger partial charge on any atom is -0.508 e. The summed E-state index contributed by atoms with van der Waals surface area (Å²) in [4.78, 5) is 66.0. The van der Waals surface area contributed by atoms with E-state index in [1.165, 1.54) is 24.7 Å². The van der Waals surface area contributed by atoms with Crippen LogP contribution in [0.3, 0.4) is 0 Å². The lowest BCUT2D eigenvalue weighted by atomic mass is 10.0. The summed E-state index contributed by atoms with van der Waals surface area (Å²) in [5, 5.41) is 34.4. The molecule has 0 radical (unpaired) electrons. The molecule has 0 bridgehead atoms. The van der Waals surface area contributed by atoms with Crippen LogP contribution in [-0.2, 0) is 36.8 Å². The molecule has 1 aromatic carbocycles. The molecule has 1 heterocycles. The van der Waals surface area contributed by atoms with E-state index in [0.29, 0.717) is 11.3 Å². The molecule has 188 valence electrons. The second kappa shape index (κ2) is 12.7. The molecule has 0 saturated carbocycles. The highest BCUT2D eigenvalue weighted by Gasteiger charge is 2.27. The van der Waals surface area contributed by atoms with E-state index in [0.717, 1.165) is 0 Å². The summed E-state index contributed by atoms with van der Waals surface area (Å²) >= 11 is 0. The molecule has 3 atom stereocenters. The van der Waals surface area contributed by atoms with Gasteiger partial charge in [-0.15, -0.1) is 0 Å². The number of aromatic hydroxyl groups is 1. The fraction of sp³-hybridized carbons (Fsp3) is 0.333. The first-order chi connectivity index (χ1) is 16.5. The van der Waals surface area contributed by atoms with Gasteiger partial charge in [0.25, 0.3) is 0 Å². The summed E-state index contributed by atoms with van der Waals surface area (Å²) in [5.41, 5.74) is 6.94. The number of aromatic amines is 1. The highest BCUT2D eigenvalue weighted by atomic mass is 16.4. The highest BCUT2D eigenvalue weighted by Crippen LogP contribution is 2.11. The average Bonchev–Trinajstić information content (AvgIpc) is 3.30. The van der Waals surface area contributed by atoms with Crippen molar-refractivity contribution in [3.05, 3.63) is 48.0 Å². The third-order valence-electron chi connectivity index (χ3n) is 4.78. The largest absolute Gasteiger partial charge is 0.508 e. The summed E-state index contributed by atoms with van der Waals surface area (Å²) in [6.07, 6.45) is 1.95. The molecule has 2 aromatic rings. The molecule has 0 spiro atoms. The number of benzene rings is 1. The van der Waals surface area contributed by atoms with Gasteiger partial charge in [0.15, 0.2) is 0 Å². The fourth-order valence-electron chi connectivity index (χ4n) is 2.99. The number of carbonyl (C=O) groups excluding carboxylic acids is 3. The molecule has 2 rings (SSSR count). The van der Waals surface area contributed by atoms with Gasteiger partial charge in [-0.1, -0.05) is 12.1 Å². The van der Waals surface area contributed by atoms with Crippen molar-refractivity contribution in [3.8, 4) is 5.75 Å². The quantitative estimate of drug-likeness (QED) is 0.152. The van der Waals surface area contributed by atoms with Gasteiger partial charge in [0.05, 0.1) is 25.3 Å². The summed E-state index contributed by atoms with van der Waals surface area (Å²) in [5.74, 6) is -5.26. The Labute approximate surface area is 198 Å². The van der Waals surface area contributed by atoms with E-state index in [9.17, 15) is 34.2 Å². The number of amides is 3. The summed E-state index contributed by atoms with van der Waals surface area (Å²) in [6, 6.07) is 1.99. The van der Waals surface area contributed by atoms with E-state index in [1.54, 1.807) is 12.1 Å². The molecule has 0 fully saturated rings. The number of hydrogen-bond donors (Lipinski definition) is 8. The van der Waals surface area contributed by atoms with Crippen molar-refractivity contribution in [2.45, 2.75) is 37.4 Å². The number of phenols is 1. The highest BCUT2D eigenvalue weighted by molar-refractivity contribution is 5.94. The maximum atomic E-state index is 12.4. The van der Waals surface area contributed by atoms with E-state index in [4.69, 9.17) is 10.8 Å². The van der Waals surface area contributed by atoms with Gasteiger partial charge in [0, 0.05) is 18.3 Å². The molecular weight excluding hydrogens is 464 g/mol. The number of rotatable bonds is 13. The number of phenolic OH excluding ortho intramolecular Hbond substituents is 1. The molecule has 0 saturated heterocycles. The van der Waals surface area contributed by atoms with Gasteiger partial charge in [-0.05, 0) is 24.1 Å². The van der Waals surface area contributed by atoms with Gasteiger partial charge in [-0.3, -0.25) is 19.2 Å². The van der Waals surface area contributed by atoms with Crippen LogP contribution in [0.5, 0.6) is 5.75 Å². The molecule has 1 aromatic heterocycles. The minimum atomic E-state index is -1.53. The van der Waals surface area contributed by atoms with E-state index in [1.807, 2.05) is 0 Å². The Kier molecular flexibility index (Phi) is 9.71. The summed E-state index contributed by atoms with van der Waals surface area (Å²) < 4.78 is 0. The molecule has 0 aliphatic carbocycles. The van der Waals surface area contributed by atoms with Gasteiger partial charge in [-0.25, -0.2) is 9.78 Å². The Bertz CT molecular complexity index is 1040. The smallest absolute Gasteiger partial charge is 0.326 e. The number of nitrogens with zero attached hydrogens (tertiary/aromatic N) is 1. The van der Waals surface area contributed by atoms with Crippen molar-refractivity contribution in [1.82, 2.24) is 25.9 Å². The van der Waals surface area contributed by atoms with Crippen LogP contribution in [0.15, 0.2) is 36.8 Å². The lowest BCUT2D eigenvalue weighted by Gasteiger charge is -2.20. The van der Waals surface area contributed by atoms with Gasteiger partial charge in [0.1, 0.15) is 17.8 Å². The maximum absolute atomic E-state index is 12.4.